The van der Waals surface area contributed by atoms with E-state index in [2.05, 4.69) is 25.3 Å². The topological polar surface area (TPSA) is 89.7 Å². The maximum Gasteiger partial charge on any atom is 0.259 e. The number of hydrogen-bond donors (Lipinski definition) is 1. The van der Waals surface area contributed by atoms with Crippen LogP contribution in [0.1, 0.15) is 11.4 Å². The summed E-state index contributed by atoms with van der Waals surface area (Å²) in [6.07, 6.45) is 5.82. The molecule has 3 aromatic heterocycles. The van der Waals surface area contributed by atoms with Gasteiger partial charge in [0, 0.05) is 24.4 Å². The van der Waals surface area contributed by atoms with Crippen molar-refractivity contribution >= 4 is 0 Å². The van der Waals surface area contributed by atoms with Crippen molar-refractivity contribution < 1.29 is 9.26 Å². The molecule has 0 aliphatic rings. The van der Waals surface area contributed by atoms with Gasteiger partial charge in [-0.1, -0.05) is 17.3 Å². The molecule has 0 saturated heterocycles. The first-order valence-corrected chi connectivity index (χ1v) is 7.73. The Kier molecular flexibility index (Phi) is 3.96. The summed E-state index contributed by atoms with van der Waals surface area (Å²) in [6.45, 7) is 0. The maximum atomic E-state index is 5.35. The second kappa shape index (κ2) is 6.56. The van der Waals surface area contributed by atoms with Crippen LogP contribution in [0.5, 0.6) is 5.75 Å². The molecule has 0 amide bonds. The number of rotatable bonds is 5. The minimum atomic E-state index is 0.453. The highest BCUT2D eigenvalue weighted by Crippen LogP contribution is 2.21. The van der Waals surface area contributed by atoms with Gasteiger partial charge in [0.05, 0.1) is 24.6 Å². The first-order valence-electron chi connectivity index (χ1n) is 7.73. The van der Waals surface area contributed by atoms with Crippen LogP contribution in [0.25, 0.3) is 22.7 Å². The number of H-pyrrole nitrogens is 1. The van der Waals surface area contributed by atoms with Crippen molar-refractivity contribution in [3.8, 4) is 28.5 Å². The second-order valence-electron chi connectivity index (χ2n) is 5.46. The van der Waals surface area contributed by atoms with Crippen molar-refractivity contribution in [2.45, 2.75) is 6.42 Å². The molecule has 0 unspecified atom stereocenters. The van der Waals surface area contributed by atoms with Gasteiger partial charge < -0.3 is 9.26 Å². The molecule has 3 heterocycles. The van der Waals surface area contributed by atoms with Crippen LogP contribution in [-0.2, 0) is 6.42 Å². The van der Waals surface area contributed by atoms with Gasteiger partial charge in [-0.2, -0.15) is 10.1 Å². The van der Waals surface area contributed by atoms with Crippen molar-refractivity contribution in [1.82, 2.24) is 25.3 Å². The Bertz CT molecular complexity index is 944. The minimum Gasteiger partial charge on any atom is -0.497 e. The summed E-state index contributed by atoms with van der Waals surface area (Å²) >= 11 is 0. The Morgan fingerprint density at radius 1 is 1.04 bits per heavy atom. The van der Waals surface area contributed by atoms with E-state index >= 15 is 0 Å². The number of aromatic nitrogens is 5. The van der Waals surface area contributed by atoms with E-state index in [0.717, 1.165) is 28.1 Å². The molecule has 0 bridgehead atoms. The first-order chi connectivity index (χ1) is 12.3. The molecule has 4 rings (SSSR count). The smallest absolute Gasteiger partial charge is 0.259 e. The number of nitrogens with one attached hydrogen (secondary N) is 1. The number of nitrogens with zero attached hydrogens (tertiary/aromatic N) is 4. The molecule has 1 N–H and O–H groups in total. The summed E-state index contributed by atoms with van der Waals surface area (Å²) in [4.78, 5) is 8.85. The summed E-state index contributed by atoms with van der Waals surface area (Å²) in [7, 11) is 1.65. The van der Waals surface area contributed by atoms with Crippen molar-refractivity contribution in [1.29, 1.82) is 0 Å². The highest BCUT2D eigenvalue weighted by atomic mass is 16.5. The van der Waals surface area contributed by atoms with Gasteiger partial charge in [-0.3, -0.25) is 10.1 Å². The number of pyridine rings is 1. The zero-order valence-corrected chi connectivity index (χ0v) is 13.5. The van der Waals surface area contributed by atoms with Crippen LogP contribution in [0.2, 0.25) is 0 Å². The van der Waals surface area contributed by atoms with Crippen molar-refractivity contribution in [2.75, 3.05) is 7.11 Å². The molecule has 4 aromatic rings. The highest BCUT2D eigenvalue weighted by molar-refractivity contribution is 5.61. The van der Waals surface area contributed by atoms with Crippen LogP contribution < -0.4 is 4.74 Å². The Hall–Kier alpha value is -3.48. The third-order valence-electron chi connectivity index (χ3n) is 3.79. The van der Waals surface area contributed by atoms with Crippen molar-refractivity contribution in [3.05, 3.63) is 66.4 Å². The van der Waals surface area contributed by atoms with Gasteiger partial charge in [-0.25, -0.2) is 0 Å². The van der Waals surface area contributed by atoms with E-state index in [1.807, 2.05) is 36.4 Å². The van der Waals surface area contributed by atoms with Gasteiger partial charge in [0.2, 0.25) is 0 Å². The van der Waals surface area contributed by atoms with E-state index in [1.165, 1.54) is 0 Å². The Morgan fingerprint density at radius 3 is 2.60 bits per heavy atom. The van der Waals surface area contributed by atoms with Crippen LogP contribution in [0.15, 0.2) is 59.5 Å². The van der Waals surface area contributed by atoms with Gasteiger partial charge >= 0.3 is 0 Å². The molecule has 0 aliphatic carbocycles. The van der Waals surface area contributed by atoms with E-state index in [9.17, 15) is 0 Å². The molecule has 1 aromatic carbocycles. The van der Waals surface area contributed by atoms with E-state index < -0.39 is 0 Å². The highest BCUT2D eigenvalue weighted by Gasteiger charge is 2.11. The van der Waals surface area contributed by atoms with Gasteiger partial charge in [0.15, 0.2) is 5.82 Å². The lowest BCUT2D eigenvalue weighted by Gasteiger charge is -2.00. The van der Waals surface area contributed by atoms with Crippen LogP contribution in [-0.4, -0.2) is 32.4 Å². The third kappa shape index (κ3) is 3.25. The SMILES string of the molecule is COc1ccc(Cc2noc(-c3ccc(-c4cn[nH]c4)nc3)n2)cc1. The maximum absolute atomic E-state index is 5.35. The minimum absolute atomic E-state index is 0.453. The number of aromatic amines is 1. The van der Waals surface area contributed by atoms with Gasteiger partial charge in [0.25, 0.3) is 5.89 Å². The largest absolute Gasteiger partial charge is 0.497 e. The van der Waals surface area contributed by atoms with E-state index in [-0.39, 0.29) is 0 Å². The molecular formula is C18H15N5O2. The van der Waals surface area contributed by atoms with Gasteiger partial charge in [-0.05, 0) is 29.8 Å². The second-order valence-corrected chi connectivity index (χ2v) is 5.46. The van der Waals surface area contributed by atoms with Crippen LogP contribution in [0.3, 0.4) is 0 Å². The molecule has 7 heteroatoms. The number of benzene rings is 1. The summed E-state index contributed by atoms with van der Waals surface area (Å²) in [5.41, 5.74) is 3.62. The molecule has 0 fully saturated rings. The van der Waals surface area contributed by atoms with Gasteiger partial charge in [0.1, 0.15) is 5.75 Å². The predicted molar refractivity (Wildman–Crippen MR) is 90.9 cm³/mol. The Morgan fingerprint density at radius 2 is 1.92 bits per heavy atom. The van der Waals surface area contributed by atoms with E-state index in [1.54, 1.807) is 25.7 Å². The molecular weight excluding hydrogens is 318 g/mol. The van der Waals surface area contributed by atoms with Crippen molar-refractivity contribution in [3.63, 3.8) is 0 Å². The Labute approximate surface area is 143 Å². The molecule has 0 spiro atoms. The van der Waals surface area contributed by atoms with E-state index in [0.29, 0.717) is 18.1 Å². The standard InChI is InChI=1S/C18H15N5O2/c1-24-15-5-2-12(3-6-15)8-17-22-18(25-23-17)13-4-7-16(19-9-13)14-10-20-21-11-14/h2-7,9-11H,8H2,1H3,(H,20,21). The number of methoxy groups -OCH3 is 1. The first kappa shape index (κ1) is 15.1. The fourth-order valence-electron chi connectivity index (χ4n) is 2.45. The van der Waals surface area contributed by atoms with Crippen LogP contribution in [0.4, 0.5) is 0 Å². The van der Waals surface area contributed by atoms with Crippen LogP contribution >= 0.6 is 0 Å². The molecule has 124 valence electrons. The van der Waals surface area contributed by atoms with E-state index in [4.69, 9.17) is 9.26 Å². The zero-order valence-electron chi connectivity index (χ0n) is 13.5. The summed E-state index contributed by atoms with van der Waals surface area (Å²) < 4.78 is 10.5. The summed E-state index contributed by atoms with van der Waals surface area (Å²) in [5, 5.41) is 10.7. The fraction of sp³-hybridized carbons (Fsp3) is 0.111. The zero-order chi connectivity index (χ0) is 17.1. The number of hydrogen-bond acceptors (Lipinski definition) is 6. The number of ether oxygens (including phenoxy) is 1. The molecule has 0 atom stereocenters. The molecule has 7 nitrogen and oxygen atoms in total. The average molecular weight is 333 g/mol. The fourth-order valence-corrected chi connectivity index (χ4v) is 2.45. The molecule has 0 saturated carbocycles. The van der Waals surface area contributed by atoms with Gasteiger partial charge in [-0.15, -0.1) is 0 Å². The molecule has 0 radical (unpaired) electrons. The lowest BCUT2D eigenvalue weighted by molar-refractivity contribution is 0.414. The molecule has 0 aliphatic heterocycles. The lowest BCUT2D eigenvalue weighted by atomic mass is 10.1. The normalized spacial score (nSPS) is 10.8. The molecule has 25 heavy (non-hydrogen) atoms. The van der Waals surface area contributed by atoms with Crippen LogP contribution in [0, 0.1) is 0 Å². The third-order valence-corrected chi connectivity index (χ3v) is 3.79. The quantitative estimate of drug-likeness (QED) is 0.603. The summed E-state index contributed by atoms with van der Waals surface area (Å²) in [5.74, 6) is 1.90. The Balaban J connectivity index is 1.50. The van der Waals surface area contributed by atoms with Crippen molar-refractivity contribution in [2.24, 2.45) is 0 Å². The lowest BCUT2D eigenvalue weighted by Crippen LogP contribution is -1.91. The summed E-state index contributed by atoms with van der Waals surface area (Å²) in [6, 6.07) is 11.6. The predicted octanol–water partition coefficient (Wildman–Crippen LogP) is 3.12. The average Bonchev–Trinajstić information content (AvgIpc) is 3.35. The monoisotopic (exact) mass is 333 g/mol.